The molecular formula is C25H28N2O4S. The van der Waals surface area contributed by atoms with Crippen LogP contribution in [0.1, 0.15) is 47.1 Å². The zero-order chi connectivity index (χ0) is 22.3. The van der Waals surface area contributed by atoms with Gasteiger partial charge in [0.05, 0.1) is 27.4 Å². The van der Waals surface area contributed by atoms with Gasteiger partial charge in [0.15, 0.2) is 0 Å². The number of aromatic nitrogens is 1. The zero-order valence-electron chi connectivity index (χ0n) is 18.3. The Kier molecular flexibility index (Phi) is 7.37. The van der Waals surface area contributed by atoms with E-state index in [4.69, 9.17) is 14.5 Å². The van der Waals surface area contributed by atoms with Crippen LogP contribution in [0, 0.1) is 5.92 Å². The molecule has 0 atom stereocenters. The van der Waals surface area contributed by atoms with Crippen LogP contribution in [-0.2, 0) is 22.5 Å². The van der Waals surface area contributed by atoms with Gasteiger partial charge in [0, 0.05) is 13.1 Å². The van der Waals surface area contributed by atoms with Crippen molar-refractivity contribution < 1.29 is 19.1 Å². The molecular weight excluding hydrogens is 424 g/mol. The molecule has 0 spiro atoms. The van der Waals surface area contributed by atoms with E-state index in [2.05, 4.69) is 0 Å². The third kappa shape index (κ3) is 5.65. The molecule has 4 rings (SSSR count). The molecule has 1 fully saturated rings. The summed E-state index contributed by atoms with van der Waals surface area (Å²) in [4.78, 5) is 30.8. The Balaban J connectivity index is 1.23. The van der Waals surface area contributed by atoms with E-state index in [0.29, 0.717) is 24.7 Å². The lowest BCUT2D eigenvalue weighted by Gasteiger charge is -2.31. The molecule has 6 nitrogen and oxygen atoms in total. The average molecular weight is 453 g/mol. The smallest absolute Gasteiger partial charge is 0.410 e. The lowest BCUT2D eigenvalue weighted by atomic mass is 9.92. The quantitative estimate of drug-likeness (QED) is 0.446. The average Bonchev–Trinajstić information content (AvgIpc) is 3.24. The van der Waals surface area contributed by atoms with Gasteiger partial charge in [-0.1, -0.05) is 30.3 Å². The summed E-state index contributed by atoms with van der Waals surface area (Å²) in [5.41, 5.74) is 2.50. The minimum absolute atomic E-state index is 0.226. The molecule has 2 heterocycles. The van der Waals surface area contributed by atoms with Crippen LogP contribution in [-0.4, -0.2) is 41.6 Å². The van der Waals surface area contributed by atoms with Crippen LogP contribution >= 0.6 is 11.3 Å². The number of hydrogen-bond donors (Lipinski definition) is 0. The Morgan fingerprint density at radius 2 is 1.88 bits per heavy atom. The first-order valence-corrected chi connectivity index (χ1v) is 12.0. The number of carbonyl (C=O) groups is 2. The predicted octanol–water partition coefficient (Wildman–Crippen LogP) is 5.45. The van der Waals surface area contributed by atoms with Gasteiger partial charge in [0.1, 0.15) is 6.61 Å². The molecule has 0 unspecified atom stereocenters. The second-order valence-electron chi connectivity index (χ2n) is 8.02. The highest BCUT2D eigenvalue weighted by molar-refractivity contribution is 7.18. The second kappa shape index (κ2) is 10.6. The summed E-state index contributed by atoms with van der Waals surface area (Å²) in [6.07, 6.45) is 3.71. The SMILES string of the molecule is CCOC(=O)c1ccc2nc(CCC3CCN(C(=O)OCc4ccccc4)CC3)sc2c1. The van der Waals surface area contributed by atoms with Crippen LogP contribution in [0.25, 0.3) is 10.2 Å². The van der Waals surface area contributed by atoms with Gasteiger partial charge < -0.3 is 14.4 Å². The van der Waals surface area contributed by atoms with E-state index in [1.807, 2.05) is 47.4 Å². The van der Waals surface area contributed by atoms with Gasteiger partial charge in [0.2, 0.25) is 0 Å². The number of likely N-dealkylation sites (tertiary alicyclic amines) is 1. The van der Waals surface area contributed by atoms with Crippen molar-refractivity contribution >= 4 is 33.6 Å². The summed E-state index contributed by atoms with van der Waals surface area (Å²) in [5, 5.41) is 1.09. The lowest BCUT2D eigenvalue weighted by Crippen LogP contribution is -2.38. The predicted molar refractivity (Wildman–Crippen MR) is 125 cm³/mol. The molecule has 7 heteroatoms. The van der Waals surface area contributed by atoms with Crippen molar-refractivity contribution in [1.82, 2.24) is 9.88 Å². The fourth-order valence-corrected chi connectivity index (χ4v) is 4.98. The minimum atomic E-state index is -0.293. The number of carbonyl (C=O) groups excluding carboxylic acids is 2. The van der Waals surface area contributed by atoms with Gasteiger partial charge in [-0.25, -0.2) is 14.6 Å². The number of hydrogen-bond acceptors (Lipinski definition) is 6. The summed E-state index contributed by atoms with van der Waals surface area (Å²) >= 11 is 1.64. The van der Waals surface area contributed by atoms with Crippen LogP contribution in [0.4, 0.5) is 4.79 Å². The highest BCUT2D eigenvalue weighted by Gasteiger charge is 2.24. The molecule has 0 aliphatic carbocycles. The maximum absolute atomic E-state index is 12.3. The van der Waals surface area contributed by atoms with Gasteiger partial charge in [0.25, 0.3) is 0 Å². The molecule has 2 aromatic carbocycles. The first-order valence-electron chi connectivity index (χ1n) is 11.1. The summed E-state index contributed by atoms with van der Waals surface area (Å²) in [5.74, 6) is 0.286. The van der Waals surface area contributed by atoms with E-state index in [0.717, 1.165) is 59.6 Å². The summed E-state index contributed by atoms with van der Waals surface area (Å²) < 4.78 is 11.6. The van der Waals surface area contributed by atoms with Gasteiger partial charge >= 0.3 is 12.1 Å². The van der Waals surface area contributed by atoms with Crippen molar-refractivity contribution in [1.29, 1.82) is 0 Å². The molecule has 1 amide bonds. The number of thiazole rings is 1. The maximum atomic E-state index is 12.3. The third-order valence-corrected chi connectivity index (χ3v) is 6.87. The highest BCUT2D eigenvalue weighted by Crippen LogP contribution is 2.28. The number of fused-ring (bicyclic) bond motifs is 1. The molecule has 3 aromatic rings. The number of aryl methyl sites for hydroxylation is 1. The van der Waals surface area contributed by atoms with Crippen LogP contribution < -0.4 is 0 Å². The Morgan fingerprint density at radius 1 is 1.09 bits per heavy atom. The van der Waals surface area contributed by atoms with Crippen molar-refractivity contribution in [3.8, 4) is 0 Å². The van der Waals surface area contributed by atoms with Crippen LogP contribution in [0.15, 0.2) is 48.5 Å². The Hall–Kier alpha value is -2.93. The fourth-order valence-electron chi connectivity index (χ4n) is 3.96. The van der Waals surface area contributed by atoms with Gasteiger partial charge in [-0.2, -0.15) is 0 Å². The summed E-state index contributed by atoms with van der Waals surface area (Å²) in [6, 6.07) is 15.3. The largest absolute Gasteiger partial charge is 0.462 e. The van der Waals surface area contributed by atoms with Crippen LogP contribution in [0.5, 0.6) is 0 Å². The van der Waals surface area contributed by atoms with Crippen molar-refractivity contribution in [2.45, 2.75) is 39.2 Å². The maximum Gasteiger partial charge on any atom is 0.410 e. The number of amides is 1. The molecule has 1 aromatic heterocycles. The first-order chi connectivity index (χ1) is 15.6. The molecule has 1 saturated heterocycles. The minimum Gasteiger partial charge on any atom is -0.462 e. The molecule has 168 valence electrons. The van der Waals surface area contributed by atoms with E-state index >= 15 is 0 Å². The molecule has 1 aliphatic heterocycles. The van der Waals surface area contributed by atoms with E-state index in [1.165, 1.54) is 0 Å². The van der Waals surface area contributed by atoms with Crippen LogP contribution in [0.3, 0.4) is 0 Å². The van der Waals surface area contributed by atoms with E-state index in [9.17, 15) is 9.59 Å². The number of nitrogens with zero attached hydrogens (tertiary/aromatic N) is 2. The fraction of sp³-hybridized carbons (Fsp3) is 0.400. The van der Waals surface area contributed by atoms with Crippen molar-refractivity contribution in [2.75, 3.05) is 19.7 Å². The number of esters is 1. The van der Waals surface area contributed by atoms with Gasteiger partial charge in [-0.3, -0.25) is 0 Å². The summed E-state index contributed by atoms with van der Waals surface area (Å²) in [7, 11) is 0. The molecule has 0 N–H and O–H groups in total. The highest BCUT2D eigenvalue weighted by atomic mass is 32.1. The third-order valence-electron chi connectivity index (χ3n) is 5.79. The monoisotopic (exact) mass is 452 g/mol. The van der Waals surface area contributed by atoms with E-state index in [1.54, 1.807) is 24.3 Å². The molecule has 32 heavy (non-hydrogen) atoms. The molecule has 0 radical (unpaired) electrons. The van der Waals surface area contributed by atoms with E-state index < -0.39 is 0 Å². The van der Waals surface area contributed by atoms with Crippen LogP contribution in [0.2, 0.25) is 0 Å². The summed E-state index contributed by atoms with van der Waals surface area (Å²) in [6.45, 7) is 3.96. The van der Waals surface area contributed by atoms with Crippen molar-refractivity contribution in [3.63, 3.8) is 0 Å². The number of piperidine rings is 1. The molecule has 0 bridgehead atoms. The number of benzene rings is 2. The molecule has 0 saturated carbocycles. The Labute approximate surface area is 192 Å². The topological polar surface area (TPSA) is 68.7 Å². The Bertz CT molecular complexity index is 1060. The standard InChI is InChI=1S/C25H28N2O4S/c1-2-30-24(28)20-9-10-21-22(16-20)32-23(26-21)11-8-18-12-14-27(15-13-18)25(29)31-17-19-6-4-3-5-7-19/h3-7,9-10,16,18H,2,8,11-15,17H2,1H3. The van der Waals surface area contributed by atoms with Gasteiger partial charge in [-0.05, 0) is 62.3 Å². The van der Waals surface area contributed by atoms with E-state index in [-0.39, 0.29) is 12.1 Å². The number of ether oxygens (including phenoxy) is 2. The van der Waals surface area contributed by atoms with Crippen molar-refractivity contribution in [2.24, 2.45) is 5.92 Å². The van der Waals surface area contributed by atoms with Crippen molar-refractivity contribution in [3.05, 3.63) is 64.7 Å². The zero-order valence-corrected chi connectivity index (χ0v) is 19.1. The second-order valence-corrected chi connectivity index (χ2v) is 9.14. The number of rotatable bonds is 7. The normalized spacial score (nSPS) is 14.5. The Morgan fingerprint density at radius 3 is 2.62 bits per heavy atom. The lowest BCUT2D eigenvalue weighted by molar-refractivity contribution is 0.0526. The molecule has 1 aliphatic rings. The first kappa shape index (κ1) is 22.3. The van der Waals surface area contributed by atoms with Gasteiger partial charge in [-0.15, -0.1) is 11.3 Å².